The molecule has 1 saturated heterocycles. The van der Waals surface area contributed by atoms with Gasteiger partial charge in [0.15, 0.2) is 0 Å². The van der Waals surface area contributed by atoms with E-state index in [0.29, 0.717) is 19.8 Å². The average molecular weight is 271 g/mol. The number of rotatable bonds is 6. The normalized spacial score (nSPS) is 30.1. The first-order chi connectivity index (χ1) is 9.06. The Kier molecular flexibility index (Phi) is 4.81. The van der Waals surface area contributed by atoms with Gasteiger partial charge in [-0.3, -0.25) is 9.69 Å². The van der Waals surface area contributed by atoms with Gasteiger partial charge in [0.05, 0.1) is 24.7 Å². The maximum Gasteiger partial charge on any atom is 0.310 e. The highest BCUT2D eigenvalue weighted by Gasteiger charge is 2.41. The topological polar surface area (TPSA) is 70.0 Å². The van der Waals surface area contributed by atoms with Gasteiger partial charge in [-0.05, 0) is 25.8 Å². The second-order valence-corrected chi connectivity index (χ2v) is 5.95. The Balaban J connectivity index is 2.04. The minimum absolute atomic E-state index is 0.0953. The van der Waals surface area contributed by atoms with Crippen LogP contribution in [0.25, 0.3) is 0 Å². The van der Waals surface area contributed by atoms with E-state index in [9.17, 15) is 15.0 Å². The van der Waals surface area contributed by atoms with Crippen molar-refractivity contribution in [1.29, 1.82) is 0 Å². The number of hydrogen-bond acceptors (Lipinski definition) is 4. The lowest BCUT2D eigenvalue weighted by Gasteiger charge is -2.36. The zero-order valence-corrected chi connectivity index (χ0v) is 11.7. The van der Waals surface area contributed by atoms with Crippen LogP contribution in [0.3, 0.4) is 0 Å². The first-order valence-corrected chi connectivity index (χ1v) is 7.33. The Bertz CT molecular complexity index is 315. The van der Waals surface area contributed by atoms with Crippen LogP contribution < -0.4 is 0 Å². The molecular formula is C14H25NO4. The van der Waals surface area contributed by atoms with Crippen LogP contribution in [0.2, 0.25) is 0 Å². The molecule has 1 heterocycles. The minimum atomic E-state index is -0.790. The maximum absolute atomic E-state index is 11.3. The highest BCUT2D eigenvalue weighted by molar-refractivity contribution is 5.71. The Hall–Kier alpha value is -0.650. The Morgan fingerprint density at radius 1 is 1.37 bits per heavy atom. The summed E-state index contributed by atoms with van der Waals surface area (Å²) in [4.78, 5) is 13.4. The molecule has 1 aliphatic carbocycles. The molecule has 19 heavy (non-hydrogen) atoms. The number of ether oxygens (including phenoxy) is 1. The van der Waals surface area contributed by atoms with Gasteiger partial charge in [-0.25, -0.2) is 0 Å². The van der Waals surface area contributed by atoms with Crippen LogP contribution in [0.15, 0.2) is 0 Å². The molecule has 0 aromatic carbocycles. The number of aliphatic hydroxyl groups is 1. The fourth-order valence-electron chi connectivity index (χ4n) is 3.36. The van der Waals surface area contributed by atoms with Crippen LogP contribution in [0, 0.1) is 5.92 Å². The second-order valence-electron chi connectivity index (χ2n) is 5.95. The number of carboxylic acids is 1. The molecular weight excluding hydrogens is 246 g/mol. The van der Waals surface area contributed by atoms with Crippen molar-refractivity contribution >= 4 is 5.97 Å². The van der Waals surface area contributed by atoms with Crippen LogP contribution >= 0.6 is 0 Å². The molecule has 2 aliphatic rings. The lowest BCUT2D eigenvalue weighted by atomic mass is 9.97. The predicted molar refractivity (Wildman–Crippen MR) is 71.0 cm³/mol. The molecule has 110 valence electrons. The third-order valence-corrected chi connectivity index (χ3v) is 4.38. The first-order valence-electron chi connectivity index (χ1n) is 7.33. The molecule has 2 atom stereocenters. The van der Waals surface area contributed by atoms with E-state index in [1.54, 1.807) is 0 Å². The van der Waals surface area contributed by atoms with Crippen LogP contribution in [0.4, 0.5) is 0 Å². The fraction of sp³-hybridized carbons (Fsp3) is 0.929. The lowest BCUT2D eigenvalue weighted by Crippen LogP contribution is -2.50. The van der Waals surface area contributed by atoms with Gasteiger partial charge < -0.3 is 14.9 Å². The van der Waals surface area contributed by atoms with Crippen LogP contribution in [0.5, 0.6) is 0 Å². The van der Waals surface area contributed by atoms with E-state index in [0.717, 1.165) is 38.6 Å². The molecule has 2 unspecified atom stereocenters. The highest BCUT2D eigenvalue weighted by atomic mass is 16.5. The molecule has 0 aromatic heterocycles. The second kappa shape index (κ2) is 6.20. The van der Waals surface area contributed by atoms with Crippen molar-refractivity contribution in [3.8, 4) is 0 Å². The summed E-state index contributed by atoms with van der Waals surface area (Å²) in [5.41, 5.74) is -0.624. The Labute approximate surface area is 114 Å². The third kappa shape index (κ3) is 3.46. The zero-order chi connectivity index (χ0) is 13.9. The fourth-order valence-corrected chi connectivity index (χ4v) is 3.36. The van der Waals surface area contributed by atoms with E-state index in [-0.39, 0.29) is 6.04 Å². The molecule has 1 saturated carbocycles. The third-order valence-electron chi connectivity index (χ3n) is 4.38. The zero-order valence-electron chi connectivity index (χ0n) is 11.7. The van der Waals surface area contributed by atoms with Crippen molar-refractivity contribution in [2.45, 2.75) is 50.7 Å². The smallest absolute Gasteiger partial charge is 0.310 e. The number of carbonyl (C=O) groups is 1. The molecule has 2 N–H and O–H groups in total. The van der Waals surface area contributed by atoms with Crippen molar-refractivity contribution in [2.24, 2.45) is 5.92 Å². The summed E-state index contributed by atoms with van der Waals surface area (Å²) in [7, 11) is 0. The number of aliphatic carboxylic acids is 1. The molecule has 0 bridgehead atoms. The maximum atomic E-state index is 11.3. The van der Waals surface area contributed by atoms with Crippen molar-refractivity contribution < 1.29 is 19.7 Å². The largest absolute Gasteiger partial charge is 0.481 e. The van der Waals surface area contributed by atoms with E-state index in [1.807, 2.05) is 0 Å². The van der Waals surface area contributed by atoms with Gasteiger partial charge in [0.2, 0.25) is 0 Å². The molecule has 0 spiro atoms. The minimum Gasteiger partial charge on any atom is -0.481 e. The summed E-state index contributed by atoms with van der Waals surface area (Å²) in [5.74, 6) is -1.25. The van der Waals surface area contributed by atoms with Crippen molar-refractivity contribution in [1.82, 2.24) is 4.90 Å². The van der Waals surface area contributed by atoms with Crippen LogP contribution in [-0.2, 0) is 9.53 Å². The van der Waals surface area contributed by atoms with Gasteiger partial charge in [-0.1, -0.05) is 19.8 Å². The predicted octanol–water partition coefficient (Wildman–Crippen LogP) is 1.10. The van der Waals surface area contributed by atoms with Gasteiger partial charge in [-0.2, -0.15) is 0 Å². The van der Waals surface area contributed by atoms with Gasteiger partial charge in [0.1, 0.15) is 0 Å². The molecule has 0 aromatic rings. The summed E-state index contributed by atoms with van der Waals surface area (Å²) in [6, 6.07) is -0.0953. The van der Waals surface area contributed by atoms with Gasteiger partial charge in [0.25, 0.3) is 0 Å². The first kappa shape index (κ1) is 14.8. The monoisotopic (exact) mass is 271 g/mol. The molecule has 2 fully saturated rings. The number of carboxylic acid groups (broad SMARTS) is 1. The molecule has 0 amide bonds. The summed E-state index contributed by atoms with van der Waals surface area (Å²) in [6.07, 6.45) is 4.76. The molecule has 2 rings (SSSR count). The highest BCUT2D eigenvalue weighted by Crippen LogP contribution is 2.32. The summed E-state index contributed by atoms with van der Waals surface area (Å²) >= 11 is 0. The summed E-state index contributed by atoms with van der Waals surface area (Å²) in [5, 5.41) is 19.8. The van der Waals surface area contributed by atoms with Crippen molar-refractivity contribution in [2.75, 3.05) is 26.3 Å². The molecule has 5 heteroatoms. The Morgan fingerprint density at radius 2 is 2.05 bits per heavy atom. The van der Waals surface area contributed by atoms with E-state index in [2.05, 4.69) is 11.8 Å². The van der Waals surface area contributed by atoms with E-state index in [4.69, 9.17) is 4.74 Å². The van der Waals surface area contributed by atoms with Crippen molar-refractivity contribution in [3.05, 3.63) is 0 Å². The molecule has 1 aliphatic heterocycles. The lowest BCUT2D eigenvalue weighted by molar-refractivity contribution is -0.143. The van der Waals surface area contributed by atoms with E-state index in [1.165, 1.54) is 0 Å². The number of nitrogens with zero attached hydrogens (tertiary/aromatic N) is 1. The number of hydrogen-bond donors (Lipinski definition) is 2. The molecule has 5 nitrogen and oxygen atoms in total. The average Bonchev–Trinajstić information content (AvgIpc) is 2.97. The molecule has 0 radical (unpaired) electrons. The van der Waals surface area contributed by atoms with E-state index >= 15 is 0 Å². The Morgan fingerprint density at radius 3 is 2.63 bits per heavy atom. The summed E-state index contributed by atoms with van der Waals surface area (Å²) < 4.78 is 5.35. The standard InChI is InChI=1S/C14H25NO4/c1-2-7-15(10-14(18)5-3-4-6-14)12-9-19-8-11(12)13(16)17/h11-12,18H,2-10H2,1H3,(H,16,17). The van der Waals surface area contributed by atoms with Gasteiger partial charge >= 0.3 is 5.97 Å². The van der Waals surface area contributed by atoms with E-state index < -0.39 is 17.5 Å². The summed E-state index contributed by atoms with van der Waals surface area (Å²) in [6.45, 7) is 4.24. The van der Waals surface area contributed by atoms with Crippen LogP contribution in [-0.4, -0.2) is 59.0 Å². The quantitative estimate of drug-likeness (QED) is 0.757. The van der Waals surface area contributed by atoms with Gasteiger partial charge in [0, 0.05) is 12.6 Å². The SMILES string of the molecule is CCCN(CC1(O)CCCC1)C1COCC1C(=O)O. The van der Waals surface area contributed by atoms with Gasteiger partial charge in [-0.15, -0.1) is 0 Å². The van der Waals surface area contributed by atoms with Crippen molar-refractivity contribution in [3.63, 3.8) is 0 Å². The van der Waals surface area contributed by atoms with Crippen LogP contribution in [0.1, 0.15) is 39.0 Å².